The second-order valence-electron chi connectivity index (χ2n) is 3.34. The summed E-state index contributed by atoms with van der Waals surface area (Å²) in [7, 11) is -5.78. The van der Waals surface area contributed by atoms with Crippen molar-refractivity contribution >= 4 is 10.1 Å². The Morgan fingerprint density at radius 1 is 1.16 bits per heavy atom. The normalized spacial score (nSPS) is 12.4. The van der Waals surface area contributed by atoms with Crippen LogP contribution in [-0.2, 0) is 10.1 Å². The van der Waals surface area contributed by atoms with Crippen molar-refractivity contribution in [2.24, 2.45) is 0 Å². The lowest BCUT2D eigenvalue weighted by molar-refractivity contribution is -0.0508. The number of oxazole rings is 1. The average Bonchev–Trinajstić information content (AvgIpc) is 2.76. The molecule has 0 atom stereocenters. The summed E-state index contributed by atoms with van der Waals surface area (Å²) in [6.45, 7) is 0. The Kier molecular flexibility index (Phi) is 3.23. The molecule has 0 N–H and O–H groups in total. The van der Waals surface area contributed by atoms with Gasteiger partial charge in [-0.15, -0.1) is 0 Å². The van der Waals surface area contributed by atoms with Gasteiger partial charge in [-0.1, -0.05) is 30.3 Å². The SMILES string of the molecule is O=S(=O)(Oc1ncc(-c2ccccc2)o1)C(F)(F)F. The molecule has 0 aliphatic rings. The van der Waals surface area contributed by atoms with Gasteiger partial charge in [-0.05, 0) is 0 Å². The third-order valence-corrected chi connectivity index (χ3v) is 2.94. The lowest BCUT2D eigenvalue weighted by Gasteiger charge is -2.05. The van der Waals surface area contributed by atoms with Gasteiger partial charge in [0.2, 0.25) is 0 Å². The van der Waals surface area contributed by atoms with E-state index in [2.05, 4.69) is 9.17 Å². The molecule has 0 amide bonds. The van der Waals surface area contributed by atoms with E-state index in [1.807, 2.05) is 0 Å². The highest BCUT2D eigenvalue weighted by Crippen LogP contribution is 2.29. The first kappa shape index (κ1) is 13.4. The summed E-state index contributed by atoms with van der Waals surface area (Å²) in [6.07, 6.45) is 0.0764. The highest BCUT2D eigenvalue weighted by molar-refractivity contribution is 7.87. The van der Waals surface area contributed by atoms with Gasteiger partial charge in [0, 0.05) is 5.56 Å². The molecule has 19 heavy (non-hydrogen) atoms. The monoisotopic (exact) mass is 293 g/mol. The Bertz CT molecular complexity index is 664. The van der Waals surface area contributed by atoms with Crippen molar-refractivity contribution in [2.75, 3.05) is 0 Å². The highest BCUT2D eigenvalue weighted by Gasteiger charge is 2.49. The Hall–Kier alpha value is -2.03. The number of benzene rings is 1. The molecule has 0 radical (unpaired) electrons. The van der Waals surface area contributed by atoms with E-state index in [9.17, 15) is 21.6 Å². The fourth-order valence-electron chi connectivity index (χ4n) is 1.17. The third-order valence-electron chi connectivity index (χ3n) is 2.01. The van der Waals surface area contributed by atoms with Crippen LogP contribution in [0.1, 0.15) is 0 Å². The smallest absolute Gasteiger partial charge is 0.408 e. The van der Waals surface area contributed by atoms with Gasteiger partial charge in [-0.2, -0.15) is 26.6 Å². The molecule has 0 bridgehead atoms. The topological polar surface area (TPSA) is 69.4 Å². The molecule has 0 saturated heterocycles. The van der Waals surface area contributed by atoms with E-state index in [1.54, 1.807) is 30.3 Å². The van der Waals surface area contributed by atoms with E-state index in [1.165, 1.54) is 0 Å². The Morgan fingerprint density at radius 2 is 1.79 bits per heavy atom. The first-order valence-corrected chi connectivity index (χ1v) is 6.22. The second kappa shape index (κ2) is 4.57. The molecule has 9 heteroatoms. The second-order valence-corrected chi connectivity index (χ2v) is 4.88. The first-order chi connectivity index (χ1) is 8.79. The van der Waals surface area contributed by atoms with Gasteiger partial charge in [-0.25, -0.2) is 0 Å². The maximum atomic E-state index is 12.1. The van der Waals surface area contributed by atoms with Crippen molar-refractivity contribution in [1.29, 1.82) is 0 Å². The first-order valence-electron chi connectivity index (χ1n) is 4.81. The zero-order valence-electron chi connectivity index (χ0n) is 9.09. The van der Waals surface area contributed by atoms with Gasteiger partial charge in [0.25, 0.3) is 0 Å². The zero-order valence-corrected chi connectivity index (χ0v) is 9.90. The van der Waals surface area contributed by atoms with E-state index in [0.29, 0.717) is 5.56 Å². The number of nitrogens with zero attached hydrogens (tertiary/aromatic N) is 1. The largest absolute Gasteiger partial charge is 0.534 e. The van der Waals surface area contributed by atoms with E-state index >= 15 is 0 Å². The molecule has 0 spiro atoms. The fourth-order valence-corrected chi connectivity index (χ4v) is 1.53. The molecular formula is C10H6F3NO4S. The number of rotatable bonds is 3. The number of alkyl halides is 3. The van der Waals surface area contributed by atoms with Gasteiger partial charge in [-0.3, -0.25) is 0 Å². The summed E-state index contributed by atoms with van der Waals surface area (Å²) in [6, 6.07) is 8.30. The van der Waals surface area contributed by atoms with Crippen LogP contribution in [0.15, 0.2) is 40.9 Å². The van der Waals surface area contributed by atoms with Crippen molar-refractivity contribution in [1.82, 2.24) is 4.98 Å². The summed E-state index contributed by atoms with van der Waals surface area (Å²) >= 11 is 0. The van der Waals surface area contributed by atoms with Crippen LogP contribution >= 0.6 is 0 Å². The van der Waals surface area contributed by atoms with Gasteiger partial charge >= 0.3 is 21.7 Å². The number of hydrogen-bond acceptors (Lipinski definition) is 5. The summed E-state index contributed by atoms with van der Waals surface area (Å²) in [4.78, 5) is 3.32. The average molecular weight is 293 g/mol. The maximum absolute atomic E-state index is 12.1. The fraction of sp³-hybridized carbons (Fsp3) is 0.100. The Labute approximate surface area is 105 Å². The predicted octanol–water partition coefficient (Wildman–Crippen LogP) is 2.57. The molecule has 1 aromatic heterocycles. The van der Waals surface area contributed by atoms with E-state index in [4.69, 9.17) is 4.42 Å². The molecule has 1 aromatic carbocycles. The quantitative estimate of drug-likeness (QED) is 0.642. The molecule has 0 saturated carbocycles. The van der Waals surface area contributed by atoms with Gasteiger partial charge in [0.15, 0.2) is 5.76 Å². The predicted molar refractivity (Wildman–Crippen MR) is 57.5 cm³/mol. The lowest BCUT2D eigenvalue weighted by atomic mass is 10.2. The van der Waals surface area contributed by atoms with Crippen LogP contribution < -0.4 is 4.18 Å². The molecular weight excluding hydrogens is 287 g/mol. The van der Waals surface area contributed by atoms with E-state index < -0.39 is 21.7 Å². The summed E-state index contributed by atoms with van der Waals surface area (Å²) in [5, 5.41) is 0. The Balaban J connectivity index is 2.24. The summed E-state index contributed by atoms with van der Waals surface area (Å²) in [5.41, 5.74) is -5.01. The zero-order chi connectivity index (χ0) is 14.1. The van der Waals surface area contributed by atoms with Gasteiger partial charge in [0.1, 0.15) is 0 Å². The van der Waals surface area contributed by atoms with Crippen LogP contribution in [0.5, 0.6) is 6.08 Å². The molecule has 0 aliphatic heterocycles. The van der Waals surface area contributed by atoms with Crippen molar-refractivity contribution < 1.29 is 30.2 Å². The molecule has 0 unspecified atom stereocenters. The van der Waals surface area contributed by atoms with Crippen LogP contribution in [0.3, 0.4) is 0 Å². The van der Waals surface area contributed by atoms with Crippen LogP contribution in [0.2, 0.25) is 0 Å². The molecule has 1 heterocycles. The minimum absolute atomic E-state index is 0.0907. The van der Waals surface area contributed by atoms with Crippen LogP contribution in [0.25, 0.3) is 11.3 Å². The standard InChI is InChI=1S/C10H6F3NO4S/c11-10(12,13)19(15,16)18-9-14-6-8(17-9)7-4-2-1-3-5-7/h1-6H. The highest BCUT2D eigenvalue weighted by atomic mass is 32.2. The van der Waals surface area contributed by atoms with Gasteiger partial charge in [0.05, 0.1) is 6.20 Å². The molecule has 2 aromatic rings. The van der Waals surface area contributed by atoms with Gasteiger partial charge < -0.3 is 8.60 Å². The summed E-state index contributed by atoms with van der Waals surface area (Å²) < 4.78 is 66.2. The minimum atomic E-state index is -5.78. The summed E-state index contributed by atoms with van der Waals surface area (Å²) in [5.74, 6) is 0.0907. The van der Waals surface area contributed by atoms with Crippen molar-refractivity contribution in [3.63, 3.8) is 0 Å². The Morgan fingerprint density at radius 3 is 2.37 bits per heavy atom. The maximum Gasteiger partial charge on any atom is 0.534 e. The van der Waals surface area contributed by atoms with E-state index in [0.717, 1.165) is 6.20 Å². The van der Waals surface area contributed by atoms with Crippen molar-refractivity contribution in [3.8, 4) is 17.4 Å². The number of hydrogen-bond donors (Lipinski definition) is 0. The van der Waals surface area contributed by atoms with Crippen LogP contribution in [0, 0.1) is 0 Å². The molecule has 5 nitrogen and oxygen atoms in total. The van der Waals surface area contributed by atoms with Crippen molar-refractivity contribution in [2.45, 2.75) is 5.51 Å². The number of aromatic nitrogens is 1. The van der Waals surface area contributed by atoms with E-state index in [-0.39, 0.29) is 5.76 Å². The molecule has 102 valence electrons. The minimum Gasteiger partial charge on any atom is -0.408 e. The molecule has 2 rings (SSSR count). The lowest BCUT2D eigenvalue weighted by Crippen LogP contribution is -2.28. The molecule has 0 aliphatic carbocycles. The number of halogens is 3. The van der Waals surface area contributed by atoms with Crippen LogP contribution in [-0.4, -0.2) is 18.9 Å². The van der Waals surface area contributed by atoms with Crippen molar-refractivity contribution in [3.05, 3.63) is 36.5 Å². The molecule has 0 fully saturated rings. The van der Waals surface area contributed by atoms with Crippen LogP contribution in [0.4, 0.5) is 13.2 Å². The third kappa shape index (κ3) is 2.87.